The highest BCUT2D eigenvalue weighted by molar-refractivity contribution is 6.11. The number of nitrogens with zero attached hydrogens (tertiary/aromatic N) is 1. The van der Waals surface area contributed by atoms with Gasteiger partial charge in [-0.15, -0.1) is 0 Å². The van der Waals surface area contributed by atoms with E-state index in [9.17, 15) is 10.1 Å². The highest BCUT2D eigenvalue weighted by atomic mass is 16.5. The van der Waals surface area contributed by atoms with Gasteiger partial charge in [0.15, 0.2) is 0 Å². The fraction of sp³-hybridized carbons (Fsp3) is 0. The number of carbonyl (C=O) groups excluding carboxylic acids is 1. The number of rotatable bonds is 2. The third kappa shape index (κ3) is 2.47. The summed E-state index contributed by atoms with van der Waals surface area (Å²) in [6.07, 6.45) is 1.77. The van der Waals surface area contributed by atoms with Crippen molar-refractivity contribution in [2.75, 3.05) is 0 Å². The van der Waals surface area contributed by atoms with Crippen LogP contribution in [0.2, 0.25) is 0 Å². The zero-order chi connectivity index (χ0) is 14.7. The van der Waals surface area contributed by atoms with Gasteiger partial charge in [-0.05, 0) is 17.2 Å². The second kappa shape index (κ2) is 5.48. The Morgan fingerprint density at radius 2 is 1.57 bits per heavy atom. The predicted molar refractivity (Wildman–Crippen MR) is 79.5 cm³/mol. The molecule has 1 aliphatic rings. The number of benzene rings is 2. The monoisotopic (exact) mass is 273 g/mol. The first kappa shape index (κ1) is 12.9. The summed E-state index contributed by atoms with van der Waals surface area (Å²) in [6.45, 7) is 0. The fourth-order valence-electron chi connectivity index (χ4n) is 2.22. The van der Waals surface area contributed by atoms with Crippen molar-refractivity contribution in [2.24, 2.45) is 0 Å². The molecule has 0 aliphatic carbocycles. The van der Waals surface area contributed by atoms with Gasteiger partial charge in [0.05, 0.1) is 0 Å². The number of nitriles is 1. The number of carbonyl (C=O) groups is 1. The second-order valence-electron chi connectivity index (χ2n) is 4.54. The highest BCUT2D eigenvalue weighted by Gasteiger charge is 2.30. The Balaban J connectivity index is 2.15. The van der Waals surface area contributed by atoms with Gasteiger partial charge < -0.3 is 4.74 Å². The number of hydrogen-bond donors (Lipinski definition) is 0. The molecule has 0 N–H and O–H groups in total. The molecule has 0 fully saturated rings. The fourth-order valence-corrected chi connectivity index (χ4v) is 2.22. The topological polar surface area (TPSA) is 50.1 Å². The van der Waals surface area contributed by atoms with Gasteiger partial charge in [0, 0.05) is 5.57 Å². The molecule has 0 saturated heterocycles. The molecule has 0 spiro atoms. The van der Waals surface area contributed by atoms with E-state index in [1.54, 1.807) is 6.08 Å². The van der Waals surface area contributed by atoms with Crippen molar-refractivity contribution in [1.29, 1.82) is 5.26 Å². The average molecular weight is 273 g/mol. The molecule has 100 valence electrons. The van der Waals surface area contributed by atoms with Crippen LogP contribution in [0.25, 0.3) is 11.6 Å². The van der Waals surface area contributed by atoms with Gasteiger partial charge in [-0.3, -0.25) is 0 Å². The van der Waals surface area contributed by atoms with E-state index in [1.807, 2.05) is 66.7 Å². The molecule has 0 saturated carbocycles. The number of cyclic esters (lactones) is 1. The molecule has 0 bridgehead atoms. The Hall–Kier alpha value is -3.12. The Kier molecular flexibility index (Phi) is 3.36. The van der Waals surface area contributed by atoms with E-state index in [1.165, 1.54) is 0 Å². The third-order valence-corrected chi connectivity index (χ3v) is 3.17. The summed E-state index contributed by atoms with van der Waals surface area (Å²) in [4.78, 5) is 11.8. The van der Waals surface area contributed by atoms with Crippen LogP contribution in [-0.2, 0) is 9.53 Å². The van der Waals surface area contributed by atoms with E-state index in [4.69, 9.17) is 4.74 Å². The van der Waals surface area contributed by atoms with Gasteiger partial charge in [0.25, 0.3) is 0 Å². The number of ether oxygens (including phenoxy) is 1. The van der Waals surface area contributed by atoms with Crippen LogP contribution in [0.1, 0.15) is 11.1 Å². The summed E-state index contributed by atoms with van der Waals surface area (Å²) >= 11 is 0. The summed E-state index contributed by atoms with van der Waals surface area (Å²) in [5.74, 6) is -0.188. The largest absolute Gasteiger partial charge is 0.422 e. The minimum Gasteiger partial charge on any atom is -0.422 e. The summed E-state index contributed by atoms with van der Waals surface area (Å²) in [5, 5.41) is 9.22. The lowest BCUT2D eigenvalue weighted by Gasteiger charge is -2.04. The van der Waals surface area contributed by atoms with Gasteiger partial charge in [0.2, 0.25) is 0 Å². The lowest BCUT2D eigenvalue weighted by atomic mass is 9.99. The maximum atomic E-state index is 11.8. The molecule has 0 amide bonds. The normalized spacial score (nSPS) is 16.0. The molecule has 2 aromatic carbocycles. The Morgan fingerprint density at radius 1 is 0.952 bits per heavy atom. The maximum Gasteiger partial charge on any atom is 0.355 e. The molecule has 3 nitrogen and oxygen atoms in total. The molecular weight excluding hydrogens is 262 g/mol. The van der Waals surface area contributed by atoms with Crippen LogP contribution >= 0.6 is 0 Å². The predicted octanol–water partition coefficient (Wildman–Crippen LogP) is 3.56. The molecule has 1 aliphatic heterocycles. The summed E-state index contributed by atoms with van der Waals surface area (Å²) < 4.78 is 5.26. The first-order valence-electron chi connectivity index (χ1n) is 6.48. The van der Waals surface area contributed by atoms with Gasteiger partial charge in [-0.25, -0.2) is 4.79 Å². The molecule has 1 heterocycles. The van der Waals surface area contributed by atoms with Crippen molar-refractivity contribution in [2.45, 2.75) is 0 Å². The Bertz CT molecular complexity index is 781. The zero-order valence-corrected chi connectivity index (χ0v) is 11.1. The second-order valence-corrected chi connectivity index (χ2v) is 4.54. The highest BCUT2D eigenvalue weighted by Crippen LogP contribution is 2.35. The van der Waals surface area contributed by atoms with E-state index in [2.05, 4.69) is 0 Å². The van der Waals surface area contributed by atoms with E-state index in [0.29, 0.717) is 11.3 Å². The Labute approximate surface area is 122 Å². The van der Waals surface area contributed by atoms with Gasteiger partial charge in [-0.1, -0.05) is 60.7 Å². The van der Waals surface area contributed by atoms with E-state index < -0.39 is 5.97 Å². The molecule has 0 aromatic heterocycles. The number of hydrogen-bond acceptors (Lipinski definition) is 3. The molecule has 0 radical (unpaired) electrons. The van der Waals surface area contributed by atoms with Crippen molar-refractivity contribution < 1.29 is 9.53 Å². The van der Waals surface area contributed by atoms with Crippen LogP contribution in [0.15, 0.2) is 72.0 Å². The van der Waals surface area contributed by atoms with Gasteiger partial charge in [-0.2, -0.15) is 5.26 Å². The third-order valence-electron chi connectivity index (χ3n) is 3.17. The first-order valence-corrected chi connectivity index (χ1v) is 6.48. The molecule has 0 atom stereocenters. The van der Waals surface area contributed by atoms with E-state index in [0.717, 1.165) is 11.1 Å². The van der Waals surface area contributed by atoms with Crippen LogP contribution in [0.4, 0.5) is 0 Å². The van der Waals surface area contributed by atoms with Crippen LogP contribution in [0, 0.1) is 11.3 Å². The Morgan fingerprint density at radius 3 is 2.19 bits per heavy atom. The zero-order valence-electron chi connectivity index (χ0n) is 11.1. The van der Waals surface area contributed by atoms with E-state index in [-0.39, 0.29) is 5.57 Å². The van der Waals surface area contributed by atoms with Crippen molar-refractivity contribution in [3.05, 3.63) is 83.1 Å². The molecule has 3 rings (SSSR count). The van der Waals surface area contributed by atoms with Crippen LogP contribution in [0.5, 0.6) is 0 Å². The van der Waals surface area contributed by atoms with Crippen molar-refractivity contribution in [3.63, 3.8) is 0 Å². The molecule has 3 heteroatoms. The summed E-state index contributed by atoms with van der Waals surface area (Å²) in [5.41, 5.74) is 2.30. The van der Waals surface area contributed by atoms with Crippen LogP contribution in [-0.4, -0.2) is 5.97 Å². The summed E-state index contributed by atoms with van der Waals surface area (Å²) in [7, 11) is 0. The number of allylic oxidation sites excluding steroid dienone is 1. The lowest BCUT2D eigenvalue weighted by Crippen LogP contribution is -1.96. The molecule has 0 unspecified atom stereocenters. The van der Waals surface area contributed by atoms with Crippen LogP contribution in [0.3, 0.4) is 0 Å². The average Bonchev–Trinajstić information content (AvgIpc) is 2.84. The quantitative estimate of drug-likeness (QED) is 0.786. The number of esters is 1. The maximum absolute atomic E-state index is 11.8. The smallest absolute Gasteiger partial charge is 0.355 e. The van der Waals surface area contributed by atoms with Gasteiger partial charge in [0.1, 0.15) is 17.4 Å². The van der Waals surface area contributed by atoms with Crippen molar-refractivity contribution in [1.82, 2.24) is 0 Å². The standard InChI is InChI=1S/C18H11NO2/c19-12-15-17(14-9-5-2-6-10-14)16(21-18(15)20)11-13-7-3-1-4-8-13/h1-11H. The minimum atomic E-state index is -0.599. The molecular formula is C18H11NO2. The van der Waals surface area contributed by atoms with Crippen molar-refractivity contribution >= 4 is 17.6 Å². The first-order chi connectivity index (χ1) is 10.3. The molecule has 21 heavy (non-hydrogen) atoms. The van der Waals surface area contributed by atoms with Gasteiger partial charge >= 0.3 is 5.97 Å². The minimum absolute atomic E-state index is 0.0448. The SMILES string of the molecule is N#CC1=C(c2ccccc2)C(=Cc2ccccc2)OC1=O. The van der Waals surface area contributed by atoms with Crippen LogP contribution < -0.4 is 0 Å². The molecule has 2 aromatic rings. The van der Waals surface area contributed by atoms with E-state index >= 15 is 0 Å². The summed E-state index contributed by atoms with van der Waals surface area (Å²) in [6, 6.07) is 20.8. The van der Waals surface area contributed by atoms with Crippen molar-refractivity contribution in [3.8, 4) is 6.07 Å². The lowest BCUT2D eigenvalue weighted by molar-refractivity contribution is -0.132.